The summed E-state index contributed by atoms with van der Waals surface area (Å²) in [6.45, 7) is 2.23. The molecule has 0 heterocycles. The summed E-state index contributed by atoms with van der Waals surface area (Å²) in [5.41, 5.74) is 0. The quantitative estimate of drug-likeness (QED) is 0.218. The van der Waals surface area contributed by atoms with Gasteiger partial charge in [0.25, 0.3) is 0 Å². The highest BCUT2D eigenvalue weighted by molar-refractivity contribution is 6.20. The van der Waals surface area contributed by atoms with E-state index in [-0.39, 0.29) is 0 Å². The Kier molecular flexibility index (Phi) is 15.5. The van der Waals surface area contributed by atoms with Crippen molar-refractivity contribution in [2.24, 2.45) is 0 Å². The van der Waals surface area contributed by atoms with Crippen LogP contribution in [0.2, 0.25) is 0 Å². The molecule has 0 spiro atoms. The van der Waals surface area contributed by atoms with E-state index in [1.165, 1.54) is 38.5 Å². The van der Waals surface area contributed by atoms with Crippen LogP contribution in [0.15, 0.2) is 12.2 Å². The largest absolute Gasteiger partial charge is 0.481 e. The topological polar surface area (TPSA) is 37.3 Å². The van der Waals surface area contributed by atoms with Crippen molar-refractivity contribution < 1.29 is 9.90 Å². The molecule has 0 aliphatic heterocycles. The molecule has 1 unspecified atom stereocenters. The maximum absolute atomic E-state index is 10.3. The van der Waals surface area contributed by atoms with E-state index in [0.717, 1.165) is 38.5 Å². The van der Waals surface area contributed by atoms with E-state index in [0.29, 0.717) is 11.8 Å². The van der Waals surface area contributed by atoms with Crippen LogP contribution in [0.1, 0.15) is 90.4 Å². The fourth-order valence-corrected chi connectivity index (χ4v) is 2.60. The Hall–Kier alpha value is -0.500. The Morgan fingerprint density at radius 1 is 1.00 bits per heavy atom. The van der Waals surface area contributed by atoms with Gasteiger partial charge in [-0.15, -0.1) is 11.6 Å². The third-order valence-corrected chi connectivity index (χ3v) is 4.09. The number of halogens is 1. The lowest BCUT2D eigenvalue weighted by Gasteiger charge is -2.05. The normalized spacial score (nSPS) is 12.9. The van der Waals surface area contributed by atoms with Crippen molar-refractivity contribution in [3.63, 3.8) is 0 Å². The van der Waals surface area contributed by atoms with E-state index in [4.69, 9.17) is 16.7 Å². The summed E-state index contributed by atoms with van der Waals surface area (Å²) in [6.07, 6.45) is 18.6. The highest BCUT2D eigenvalue weighted by atomic mass is 35.5. The minimum absolute atomic E-state index is 0.300. The van der Waals surface area contributed by atoms with E-state index >= 15 is 0 Å². The first-order valence-corrected chi connectivity index (χ1v) is 9.11. The zero-order valence-corrected chi connectivity index (χ0v) is 14.4. The van der Waals surface area contributed by atoms with E-state index in [1.54, 1.807) is 0 Å². The number of carboxylic acids is 1. The van der Waals surface area contributed by atoms with E-state index in [2.05, 4.69) is 19.1 Å². The number of carboxylic acid groups (broad SMARTS) is 1. The second-order valence-electron chi connectivity index (χ2n) is 5.85. The lowest BCUT2D eigenvalue weighted by molar-refractivity contribution is -0.137. The molecule has 124 valence electrons. The molecule has 0 radical (unpaired) electrons. The van der Waals surface area contributed by atoms with Gasteiger partial charge in [-0.2, -0.15) is 0 Å². The summed E-state index contributed by atoms with van der Waals surface area (Å²) in [6, 6.07) is 0. The molecule has 0 rings (SSSR count). The summed E-state index contributed by atoms with van der Waals surface area (Å²) >= 11 is 6.28. The molecule has 0 saturated carbocycles. The van der Waals surface area contributed by atoms with Crippen LogP contribution in [0.25, 0.3) is 0 Å². The average molecular weight is 317 g/mol. The van der Waals surface area contributed by atoms with Gasteiger partial charge in [-0.25, -0.2) is 0 Å². The van der Waals surface area contributed by atoms with Gasteiger partial charge in [0.1, 0.15) is 0 Å². The summed E-state index contributed by atoms with van der Waals surface area (Å²) in [5.74, 6) is -0.678. The Labute approximate surface area is 136 Å². The summed E-state index contributed by atoms with van der Waals surface area (Å²) in [5, 5.41) is 8.82. The molecule has 0 aliphatic carbocycles. The Balaban J connectivity index is 3.26. The molecule has 0 aromatic heterocycles. The lowest BCUT2D eigenvalue weighted by Crippen LogP contribution is -1.96. The standard InChI is InChI=1S/C18H33ClO2/c1-2-3-4-11-14-17(19)15-12-9-7-5-6-8-10-13-16-18(20)21/h9,12,17H,2-8,10-11,13-16H2,1H3,(H,20,21). The first kappa shape index (κ1) is 20.5. The van der Waals surface area contributed by atoms with Crippen molar-refractivity contribution in [2.75, 3.05) is 0 Å². The highest BCUT2D eigenvalue weighted by Gasteiger charge is 2.01. The molecule has 0 aromatic carbocycles. The van der Waals surface area contributed by atoms with Gasteiger partial charge in [0.2, 0.25) is 0 Å². The smallest absolute Gasteiger partial charge is 0.303 e. The van der Waals surface area contributed by atoms with Crippen LogP contribution in [0.5, 0.6) is 0 Å². The third-order valence-electron chi connectivity index (χ3n) is 3.69. The molecule has 0 amide bonds. The van der Waals surface area contributed by atoms with E-state index < -0.39 is 5.97 Å². The fourth-order valence-electron chi connectivity index (χ4n) is 2.34. The van der Waals surface area contributed by atoms with Crippen LogP contribution in [-0.4, -0.2) is 16.5 Å². The van der Waals surface area contributed by atoms with Crippen LogP contribution < -0.4 is 0 Å². The van der Waals surface area contributed by atoms with Crippen LogP contribution in [0.4, 0.5) is 0 Å². The maximum atomic E-state index is 10.3. The monoisotopic (exact) mass is 316 g/mol. The van der Waals surface area contributed by atoms with Gasteiger partial charge in [-0.1, -0.05) is 64.0 Å². The molecule has 0 saturated heterocycles. The van der Waals surface area contributed by atoms with Crippen LogP contribution in [-0.2, 0) is 4.79 Å². The van der Waals surface area contributed by atoms with Gasteiger partial charge in [0.05, 0.1) is 0 Å². The summed E-state index contributed by atoms with van der Waals surface area (Å²) in [7, 11) is 0. The predicted molar refractivity (Wildman–Crippen MR) is 92.1 cm³/mol. The molecule has 0 aliphatic rings. The number of aliphatic carboxylic acids is 1. The molecule has 0 fully saturated rings. The highest BCUT2D eigenvalue weighted by Crippen LogP contribution is 2.14. The minimum Gasteiger partial charge on any atom is -0.481 e. The van der Waals surface area contributed by atoms with Crippen molar-refractivity contribution in [3.05, 3.63) is 12.2 Å². The maximum Gasteiger partial charge on any atom is 0.303 e. The number of hydrogen-bond acceptors (Lipinski definition) is 1. The lowest BCUT2D eigenvalue weighted by atomic mass is 10.1. The molecular formula is C18H33ClO2. The number of alkyl halides is 1. The SMILES string of the molecule is CCCCCCC(Cl)CC=CCCCCCCCC(=O)O. The van der Waals surface area contributed by atoms with Crippen molar-refractivity contribution >= 4 is 17.6 Å². The first-order valence-electron chi connectivity index (χ1n) is 8.67. The molecule has 0 bridgehead atoms. The summed E-state index contributed by atoms with van der Waals surface area (Å²) in [4.78, 5) is 10.3. The minimum atomic E-state index is -0.678. The Bertz CT molecular complexity index is 264. The molecular weight excluding hydrogens is 284 g/mol. The number of carbonyl (C=O) groups is 1. The second-order valence-corrected chi connectivity index (χ2v) is 6.47. The zero-order valence-electron chi connectivity index (χ0n) is 13.7. The molecule has 1 N–H and O–H groups in total. The van der Waals surface area contributed by atoms with Gasteiger partial charge in [0, 0.05) is 11.8 Å². The Morgan fingerprint density at radius 3 is 2.38 bits per heavy atom. The van der Waals surface area contributed by atoms with Crippen LogP contribution in [0.3, 0.4) is 0 Å². The number of rotatable bonds is 15. The van der Waals surface area contributed by atoms with Gasteiger partial charge in [-0.3, -0.25) is 4.79 Å². The Morgan fingerprint density at radius 2 is 1.67 bits per heavy atom. The average Bonchev–Trinajstić information content (AvgIpc) is 2.45. The fraction of sp³-hybridized carbons (Fsp3) is 0.833. The second kappa shape index (κ2) is 15.9. The summed E-state index contributed by atoms with van der Waals surface area (Å²) < 4.78 is 0. The predicted octanol–water partition coefficient (Wildman–Crippen LogP) is 6.33. The molecule has 3 heteroatoms. The molecule has 2 nitrogen and oxygen atoms in total. The third kappa shape index (κ3) is 17.4. The molecule has 1 atom stereocenters. The van der Waals surface area contributed by atoms with Crippen molar-refractivity contribution in [1.82, 2.24) is 0 Å². The van der Waals surface area contributed by atoms with Crippen LogP contribution >= 0.6 is 11.6 Å². The zero-order chi connectivity index (χ0) is 15.8. The van der Waals surface area contributed by atoms with Crippen molar-refractivity contribution in [1.29, 1.82) is 0 Å². The molecule has 0 aromatic rings. The first-order chi connectivity index (χ1) is 10.2. The van der Waals surface area contributed by atoms with E-state index in [9.17, 15) is 4.79 Å². The van der Waals surface area contributed by atoms with Gasteiger partial charge >= 0.3 is 5.97 Å². The van der Waals surface area contributed by atoms with Crippen LogP contribution in [0, 0.1) is 0 Å². The number of unbranched alkanes of at least 4 members (excludes halogenated alkanes) is 8. The van der Waals surface area contributed by atoms with Gasteiger partial charge in [-0.05, 0) is 32.1 Å². The number of hydrogen-bond donors (Lipinski definition) is 1. The number of allylic oxidation sites excluding steroid dienone is 2. The van der Waals surface area contributed by atoms with Crippen molar-refractivity contribution in [3.8, 4) is 0 Å². The van der Waals surface area contributed by atoms with Gasteiger partial charge < -0.3 is 5.11 Å². The van der Waals surface area contributed by atoms with Crippen molar-refractivity contribution in [2.45, 2.75) is 95.8 Å². The molecule has 21 heavy (non-hydrogen) atoms. The van der Waals surface area contributed by atoms with E-state index in [1.807, 2.05) is 0 Å². The van der Waals surface area contributed by atoms with Gasteiger partial charge in [0.15, 0.2) is 0 Å².